The van der Waals surface area contributed by atoms with Crippen LogP contribution in [0.15, 0.2) is 18.2 Å². The molecule has 1 saturated heterocycles. The van der Waals surface area contributed by atoms with Crippen LogP contribution >= 0.6 is 0 Å². The standard InChI is InChI=1S/C17H26N2O2/c1-14-2-5-17(15(12-14)13-18-16-3-4-16)21-11-8-19-6-9-20-10-7-19/h2,5,12,16,18H,3-4,6-11,13H2,1H3. The summed E-state index contributed by atoms with van der Waals surface area (Å²) in [5, 5.41) is 3.57. The number of rotatable bonds is 7. The van der Waals surface area contributed by atoms with Gasteiger partial charge in [-0.3, -0.25) is 4.90 Å². The number of benzene rings is 1. The highest BCUT2D eigenvalue weighted by molar-refractivity contribution is 5.37. The Bertz CT molecular complexity index is 454. The normalized spacial score (nSPS) is 19.7. The van der Waals surface area contributed by atoms with E-state index in [0.717, 1.165) is 57.8 Å². The molecule has 21 heavy (non-hydrogen) atoms. The molecule has 0 aromatic heterocycles. The molecule has 1 heterocycles. The van der Waals surface area contributed by atoms with E-state index < -0.39 is 0 Å². The summed E-state index contributed by atoms with van der Waals surface area (Å²) in [7, 11) is 0. The fraction of sp³-hybridized carbons (Fsp3) is 0.647. The van der Waals surface area contributed by atoms with Gasteiger partial charge in [0.2, 0.25) is 0 Å². The Labute approximate surface area is 127 Å². The predicted molar refractivity (Wildman–Crippen MR) is 83.8 cm³/mol. The summed E-state index contributed by atoms with van der Waals surface area (Å²) in [5.74, 6) is 1.03. The second-order valence-corrected chi connectivity index (χ2v) is 6.07. The predicted octanol–water partition coefficient (Wildman–Crippen LogP) is 1.96. The van der Waals surface area contributed by atoms with Crippen molar-refractivity contribution in [3.05, 3.63) is 29.3 Å². The second-order valence-electron chi connectivity index (χ2n) is 6.07. The van der Waals surface area contributed by atoms with E-state index in [1.165, 1.54) is 24.0 Å². The lowest BCUT2D eigenvalue weighted by molar-refractivity contribution is 0.0322. The molecule has 0 radical (unpaired) electrons. The van der Waals surface area contributed by atoms with Gasteiger partial charge in [-0.05, 0) is 25.8 Å². The number of nitrogens with one attached hydrogen (secondary N) is 1. The number of morpholine rings is 1. The number of hydrogen-bond donors (Lipinski definition) is 1. The van der Waals surface area contributed by atoms with Crippen molar-refractivity contribution in [2.45, 2.75) is 32.4 Å². The molecule has 0 spiro atoms. The molecule has 1 N–H and O–H groups in total. The number of aryl methyl sites for hydroxylation is 1. The van der Waals surface area contributed by atoms with Crippen LogP contribution in [0.2, 0.25) is 0 Å². The van der Waals surface area contributed by atoms with E-state index in [1.807, 2.05) is 0 Å². The van der Waals surface area contributed by atoms with Crippen LogP contribution in [0.3, 0.4) is 0 Å². The SMILES string of the molecule is Cc1ccc(OCCN2CCOCC2)c(CNC2CC2)c1. The van der Waals surface area contributed by atoms with Gasteiger partial charge < -0.3 is 14.8 Å². The van der Waals surface area contributed by atoms with Crippen LogP contribution < -0.4 is 10.1 Å². The summed E-state index contributed by atoms with van der Waals surface area (Å²) in [6, 6.07) is 7.20. The van der Waals surface area contributed by atoms with E-state index >= 15 is 0 Å². The molecule has 2 fully saturated rings. The van der Waals surface area contributed by atoms with Gasteiger partial charge >= 0.3 is 0 Å². The molecule has 1 aromatic carbocycles. The van der Waals surface area contributed by atoms with Crippen LogP contribution in [-0.4, -0.2) is 50.4 Å². The smallest absolute Gasteiger partial charge is 0.123 e. The maximum absolute atomic E-state index is 6.03. The Morgan fingerprint density at radius 2 is 2.10 bits per heavy atom. The molecule has 3 rings (SSSR count). The van der Waals surface area contributed by atoms with Crippen LogP contribution in [0.5, 0.6) is 5.75 Å². The average molecular weight is 290 g/mol. The maximum Gasteiger partial charge on any atom is 0.123 e. The highest BCUT2D eigenvalue weighted by Gasteiger charge is 2.20. The molecule has 1 saturated carbocycles. The van der Waals surface area contributed by atoms with Crippen molar-refractivity contribution in [2.24, 2.45) is 0 Å². The van der Waals surface area contributed by atoms with E-state index in [-0.39, 0.29) is 0 Å². The van der Waals surface area contributed by atoms with Gasteiger partial charge in [0.05, 0.1) is 13.2 Å². The fourth-order valence-electron chi connectivity index (χ4n) is 2.64. The fourth-order valence-corrected chi connectivity index (χ4v) is 2.64. The lowest BCUT2D eigenvalue weighted by Gasteiger charge is -2.26. The van der Waals surface area contributed by atoms with E-state index in [9.17, 15) is 0 Å². The zero-order valence-corrected chi connectivity index (χ0v) is 12.9. The second kappa shape index (κ2) is 7.25. The first kappa shape index (κ1) is 14.8. The molecule has 4 heteroatoms. The highest BCUT2D eigenvalue weighted by Crippen LogP contribution is 2.23. The molecule has 2 aliphatic rings. The van der Waals surface area contributed by atoms with Crippen LogP contribution in [0.4, 0.5) is 0 Å². The van der Waals surface area contributed by atoms with Crippen LogP contribution in [0.25, 0.3) is 0 Å². The summed E-state index contributed by atoms with van der Waals surface area (Å²) in [6.45, 7) is 8.52. The van der Waals surface area contributed by atoms with Gasteiger partial charge in [-0.1, -0.05) is 17.7 Å². The molecule has 0 bridgehead atoms. The van der Waals surface area contributed by atoms with Crippen molar-refractivity contribution in [2.75, 3.05) is 39.5 Å². The third-order valence-corrected chi connectivity index (χ3v) is 4.14. The van der Waals surface area contributed by atoms with Gasteiger partial charge in [-0.15, -0.1) is 0 Å². The minimum atomic E-state index is 0.728. The average Bonchev–Trinajstić information content (AvgIpc) is 3.32. The Balaban J connectivity index is 1.50. The summed E-state index contributed by atoms with van der Waals surface area (Å²) < 4.78 is 11.4. The first-order valence-corrected chi connectivity index (χ1v) is 8.07. The van der Waals surface area contributed by atoms with Gasteiger partial charge in [-0.2, -0.15) is 0 Å². The molecule has 0 unspecified atom stereocenters. The van der Waals surface area contributed by atoms with Crippen molar-refractivity contribution < 1.29 is 9.47 Å². The summed E-state index contributed by atoms with van der Waals surface area (Å²) in [5.41, 5.74) is 2.58. The molecule has 1 aromatic rings. The van der Waals surface area contributed by atoms with E-state index in [4.69, 9.17) is 9.47 Å². The maximum atomic E-state index is 6.03. The molecular weight excluding hydrogens is 264 g/mol. The van der Waals surface area contributed by atoms with Crippen LogP contribution in [-0.2, 0) is 11.3 Å². The molecule has 1 aliphatic carbocycles. The highest BCUT2D eigenvalue weighted by atomic mass is 16.5. The lowest BCUT2D eigenvalue weighted by Crippen LogP contribution is -2.38. The van der Waals surface area contributed by atoms with Crippen LogP contribution in [0.1, 0.15) is 24.0 Å². The summed E-state index contributed by atoms with van der Waals surface area (Å²) in [6.07, 6.45) is 2.64. The first-order valence-electron chi connectivity index (χ1n) is 8.07. The Morgan fingerprint density at radius 1 is 1.29 bits per heavy atom. The molecule has 1 aliphatic heterocycles. The first-order chi connectivity index (χ1) is 10.3. The Hall–Kier alpha value is -1.10. The van der Waals surface area contributed by atoms with Gasteiger partial charge in [0.25, 0.3) is 0 Å². The number of hydrogen-bond acceptors (Lipinski definition) is 4. The zero-order valence-electron chi connectivity index (χ0n) is 12.9. The van der Waals surface area contributed by atoms with Crippen molar-refractivity contribution in [3.8, 4) is 5.75 Å². The third-order valence-electron chi connectivity index (χ3n) is 4.14. The quantitative estimate of drug-likeness (QED) is 0.832. The number of nitrogens with zero attached hydrogens (tertiary/aromatic N) is 1. The Morgan fingerprint density at radius 3 is 2.86 bits per heavy atom. The third kappa shape index (κ3) is 4.70. The molecular formula is C17H26N2O2. The zero-order chi connectivity index (χ0) is 14.5. The minimum Gasteiger partial charge on any atom is -0.492 e. The lowest BCUT2D eigenvalue weighted by atomic mass is 10.1. The van der Waals surface area contributed by atoms with E-state index in [0.29, 0.717) is 0 Å². The van der Waals surface area contributed by atoms with E-state index in [1.54, 1.807) is 0 Å². The van der Waals surface area contributed by atoms with Crippen molar-refractivity contribution in [3.63, 3.8) is 0 Å². The largest absolute Gasteiger partial charge is 0.492 e. The van der Waals surface area contributed by atoms with Crippen LogP contribution in [0, 0.1) is 6.92 Å². The number of ether oxygens (including phenoxy) is 2. The monoisotopic (exact) mass is 290 g/mol. The van der Waals surface area contributed by atoms with Crippen molar-refractivity contribution in [1.29, 1.82) is 0 Å². The Kier molecular flexibility index (Phi) is 5.12. The topological polar surface area (TPSA) is 33.7 Å². The van der Waals surface area contributed by atoms with Gasteiger partial charge in [0, 0.05) is 37.8 Å². The van der Waals surface area contributed by atoms with E-state index in [2.05, 4.69) is 35.3 Å². The van der Waals surface area contributed by atoms with Gasteiger partial charge in [-0.25, -0.2) is 0 Å². The summed E-state index contributed by atoms with van der Waals surface area (Å²) in [4.78, 5) is 2.40. The minimum absolute atomic E-state index is 0.728. The molecule has 0 atom stereocenters. The summed E-state index contributed by atoms with van der Waals surface area (Å²) >= 11 is 0. The van der Waals surface area contributed by atoms with Gasteiger partial charge in [0.15, 0.2) is 0 Å². The van der Waals surface area contributed by atoms with Gasteiger partial charge in [0.1, 0.15) is 12.4 Å². The molecule has 0 amide bonds. The molecule has 4 nitrogen and oxygen atoms in total. The van der Waals surface area contributed by atoms with Crippen molar-refractivity contribution in [1.82, 2.24) is 10.2 Å². The molecule has 116 valence electrons. The van der Waals surface area contributed by atoms with Crippen molar-refractivity contribution >= 4 is 0 Å².